The predicted molar refractivity (Wildman–Crippen MR) is 76.7 cm³/mol. The molecular formula is C12H17Cl2NO2S. The molecule has 0 saturated carbocycles. The van der Waals surface area contributed by atoms with E-state index in [0.717, 1.165) is 12.0 Å². The van der Waals surface area contributed by atoms with Crippen molar-refractivity contribution in [3.8, 4) is 0 Å². The molecule has 0 spiro atoms. The molecule has 102 valence electrons. The van der Waals surface area contributed by atoms with Gasteiger partial charge in [0.25, 0.3) is 0 Å². The van der Waals surface area contributed by atoms with E-state index in [2.05, 4.69) is 4.72 Å². The molecule has 1 unspecified atom stereocenters. The summed E-state index contributed by atoms with van der Waals surface area (Å²) in [5.74, 6) is 0.138. The summed E-state index contributed by atoms with van der Waals surface area (Å²) in [6.07, 6.45) is 1.49. The second-order valence-electron chi connectivity index (χ2n) is 4.18. The van der Waals surface area contributed by atoms with Crippen molar-refractivity contribution in [2.75, 3.05) is 5.75 Å². The molecule has 3 nitrogen and oxygen atoms in total. The first-order valence-corrected chi connectivity index (χ1v) is 8.21. The second-order valence-corrected chi connectivity index (χ2v) is 6.89. The van der Waals surface area contributed by atoms with Gasteiger partial charge in [0.15, 0.2) is 0 Å². The van der Waals surface area contributed by atoms with Crippen LogP contribution in [0.25, 0.3) is 0 Å². The Morgan fingerprint density at radius 3 is 2.56 bits per heavy atom. The van der Waals surface area contributed by atoms with Crippen molar-refractivity contribution in [3.63, 3.8) is 0 Å². The van der Waals surface area contributed by atoms with Gasteiger partial charge in [-0.15, -0.1) is 0 Å². The fourth-order valence-corrected chi connectivity index (χ4v) is 3.60. The lowest BCUT2D eigenvalue weighted by Crippen LogP contribution is -2.29. The summed E-state index contributed by atoms with van der Waals surface area (Å²) >= 11 is 11.8. The fourth-order valence-electron chi connectivity index (χ4n) is 1.58. The molecule has 0 radical (unpaired) electrons. The summed E-state index contributed by atoms with van der Waals surface area (Å²) in [4.78, 5) is 0. The summed E-state index contributed by atoms with van der Waals surface area (Å²) in [6, 6.07) is 4.67. The van der Waals surface area contributed by atoms with Gasteiger partial charge in [0, 0.05) is 16.1 Å². The number of sulfonamides is 1. The smallest absolute Gasteiger partial charge is 0.212 e. The highest BCUT2D eigenvalue weighted by Gasteiger charge is 2.17. The molecule has 0 aliphatic heterocycles. The summed E-state index contributed by atoms with van der Waals surface area (Å²) in [5.41, 5.74) is 0.723. The van der Waals surface area contributed by atoms with Gasteiger partial charge >= 0.3 is 0 Å². The van der Waals surface area contributed by atoms with Crippen molar-refractivity contribution in [2.24, 2.45) is 0 Å². The Morgan fingerprint density at radius 2 is 2.00 bits per heavy atom. The maximum absolute atomic E-state index is 11.8. The van der Waals surface area contributed by atoms with Gasteiger partial charge in [-0.1, -0.05) is 42.6 Å². The van der Waals surface area contributed by atoms with Crippen molar-refractivity contribution in [2.45, 2.75) is 32.7 Å². The Hall–Kier alpha value is -0.290. The molecule has 1 aromatic rings. The molecule has 0 aliphatic carbocycles. The third-order valence-electron chi connectivity index (χ3n) is 2.55. The molecule has 0 fully saturated rings. The van der Waals surface area contributed by atoms with E-state index < -0.39 is 10.0 Å². The minimum Gasteiger partial charge on any atom is -0.212 e. The van der Waals surface area contributed by atoms with Gasteiger partial charge in [-0.25, -0.2) is 13.1 Å². The minimum absolute atomic E-state index is 0.138. The molecule has 1 N–H and O–H groups in total. The van der Waals surface area contributed by atoms with Crippen LogP contribution in [-0.2, 0) is 10.0 Å². The molecule has 1 aromatic carbocycles. The van der Waals surface area contributed by atoms with Crippen LogP contribution >= 0.6 is 23.2 Å². The average molecular weight is 310 g/mol. The Kier molecular flexibility index (Phi) is 5.92. The maximum Gasteiger partial charge on any atom is 0.212 e. The summed E-state index contributed by atoms with van der Waals surface area (Å²) < 4.78 is 26.2. The normalized spacial score (nSPS) is 13.6. The van der Waals surface area contributed by atoms with Gasteiger partial charge < -0.3 is 0 Å². The van der Waals surface area contributed by atoms with Gasteiger partial charge in [-0.05, 0) is 31.0 Å². The van der Waals surface area contributed by atoms with Crippen LogP contribution in [0.3, 0.4) is 0 Å². The highest BCUT2D eigenvalue weighted by molar-refractivity contribution is 7.89. The number of benzene rings is 1. The van der Waals surface area contributed by atoms with Crippen molar-refractivity contribution in [1.29, 1.82) is 0 Å². The van der Waals surface area contributed by atoms with Gasteiger partial charge in [-0.3, -0.25) is 0 Å². The monoisotopic (exact) mass is 309 g/mol. The number of rotatable bonds is 6. The van der Waals surface area contributed by atoms with Crippen LogP contribution in [0, 0.1) is 0 Å². The van der Waals surface area contributed by atoms with Gasteiger partial charge in [0.2, 0.25) is 10.0 Å². The number of unbranched alkanes of at least 4 members (excludes halogenated alkanes) is 1. The molecule has 0 saturated heterocycles. The third kappa shape index (κ3) is 4.76. The van der Waals surface area contributed by atoms with E-state index in [4.69, 9.17) is 23.2 Å². The lowest BCUT2D eigenvalue weighted by Gasteiger charge is -2.16. The maximum atomic E-state index is 11.8. The van der Waals surface area contributed by atoms with E-state index in [-0.39, 0.29) is 11.8 Å². The topological polar surface area (TPSA) is 46.2 Å². The molecule has 0 bridgehead atoms. The molecule has 18 heavy (non-hydrogen) atoms. The van der Waals surface area contributed by atoms with Crippen molar-refractivity contribution in [1.82, 2.24) is 4.72 Å². The molecule has 1 atom stereocenters. The van der Waals surface area contributed by atoms with Crippen LogP contribution in [0.1, 0.15) is 38.3 Å². The summed E-state index contributed by atoms with van der Waals surface area (Å²) in [5, 5.41) is 0.998. The van der Waals surface area contributed by atoms with E-state index in [0.29, 0.717) is 16.5 Å². The minimum atomic E-state index is -3.26. The van der Waals surface area contributed by atoms with Crippen LogP contribution in [0.2, 0.25) is 10.0 Å². The number of hydrogen-bond acceptors (Lipinski definition) is 2. The van der Waals surface area contributed by atoms with Crippen molar-refractivity contribution < 1.29 is 8.42 Å². The molecule has 0 heterocycles. The zero-order valence-corrected chi connectivity index (χ0v) is 12.7. The zero-order chi connectivity index (χ0) is 13.8. The first-order chi connectivity index (χ1) is 8.35. The van der Waals surface area contributed by atoms with Gasteiger partial charge in [-0.2, -0.15) is 0 Å². The zero-order valence-electron chi connectivity index (χ0n) is 10.4. The summed E-state index contributed by atoms with van der Waals surface area (Å²) in [7, 11) is -3.26. The SMILES string of the molecule is CCCCS(=O)(=O)NC(C)c1ccc(Cl)cc1Cl. The van der Waals surface area contributed by atoms with Crippen molar-refractivity contribution >= 4 is 33.2 Å². The van der Waals surface area contributed by atoms with Gasteiger partial charge in [0.05, 0.1) is 5.75 Å². The van der Waals surface area contributed by atoms with Crippen molar-refractivity contribution in [3.05, 3.63) is 33.8 Å². The highest BCUT2D eigenvalue weighted by Crippen LogP contribution is 2.26. The second kappa shape index (κ2) is 6.75. The van der Waals surface area contributed by atoms with E-state index in [1.54, 1.807) is 25.1 Å². The number of halogens is 2. The van der Waals surface area contributed by atoms with E-state index in [1.807, 2.05) is 6.92 Å². The fraction of sp³-hybridized carbons (Fsp3) is 0.500. The van der Waals surface area contributed by atoms with E-state index >= 15 is 0 Å². The largest absolute Gasteiger partial charge is 0.212 e. The highest BCUT2D eigenvalue weighted by atomic mass is 35.5. The van der Waals surface area contributed by atoms with Crippen LogP contribution in [-0.4, -0.2) is 14.2 Å². The van der Waals surface area contributed by atoms with E-state index in [9.17, 15) is 8.42 Å². The Morgan fingerprint density at radius 1 is 1.33 bits per heavy atom. The molecule has 6 heteroatoms. The van der Waals surface area contributed by atoms with Crippen LogP contribution in [0.5, 0.6) is 0 Å². The van der Waals surface area contributed by atoms with Crippen LogP contribution in [0.4, 0.5) is 0 Å². The Bertz CT molecular complexity index is 503. The third-order valence-corrected chi connectivity index (χ3v) is 4.65. The molecule has 0 aromatic heterocycles. The molecule has 0 amide bonds. The molecule has 0 aliphatic rings. The lowest BCUT2D eigenvalue weighted by atomic mass is 10.1. The first kappa shape index (κ1) is 15.8. The average Bonchev–Trinajstić information content (AvgIpc) is 2.25. The molecule has 1 rings (SSSR count). The number of hydrogen-bond donors (Lipinski definition) is 1. The lowest BCUT2D eigenvalue weighted by molar-refractivity contribution is 0.564. The number of nitrogens with one attached hydrogen (secondary N) is 1. The first-order valence-electron chi connectivity index (χ1n) is 5.80. The summed E-state index contributed by atoms with van der Waals surface area (Å²) in [6.45, 7) is 3.72. The predicted octanol–water partition coefficient (Wildman–Crippen LogP) is 3.77. The van der Waals surface area contributed by atoms with E-state index in [1.165, 1.54) is 0 Å². The van der Waals surface area contributed by atoms with Crippen LogP contribution in [0.15, 0.2) is 18.2 Å². The molecular weight excluding hydrogens is 293 g/mol. The van der Waals surface area contributed by atoms with Crippen LogP contribution < -0.4 is 4.72 Å². The standard InChI is InChI=1S/C12H17Cl2NO2S/c1-3-4-7-18(16,17)15-9(2)11-6-5-10(13)8-12(11)14/h5-6,8-9,15H,3-4,7H2,1-2H3. The quantitative estimate of drug-likeness (QED) is 0.869. The Labute approximate surface area is 119 Å². The Balaban J connectivity index is 2.79. The van der Waals surface area contributed by atoms with Gasteiger partial charge in [0.1, 0.15) is 0 Å².